The molecule has 0 saturated carbocycles. The van der Waals surface area contributed by atoms with Crippen molar-refractivity contribution in [3.8, 4) is 0 Å². The average molecular weight is 283 g/mol. The van der Waals surface area contributed by atoms with Gasteiger partial charge in [0.2, 0.25) is 5.91 Å². The van der Waals surface area contributed by atoms with Crippen molar-refractivity contribution < 1.29 is 19.2 Å². The van der Waals surface area contributed by atoms with Gasteiger partial charge in [0, 0.05) is 12.6 Å². The second kappa shape index (κ2) is 6.49. The summed E-state index contributed by atoms with van der Waals surface area (Å²) in [6.07, 6.45) is 0.742. The predicted molar refractivity (Wildman–Crippen MR) is 71.6 cm³/mol. The smallest absolute Gasteiger partial charge is 0.334 e. The molecule has 7 heteroatoms. The molecular weight excluding hydrogens is 262 g/mol. The van der Waals surface area contributed by atoms with E-state index in [0.29, 0.717) is 4.90 Å². The first kappa shape index (κ1) is 16.1. The summed E-state index contributed by atoms with van der Waals surface area (Å²) in [6, 6.07) is -0.759. The van der Waals surface area contributed by atoms with Gasteiger partial charge in [0.05, 0.1) is 0 Å². The molecule has 1 aliphatic heterocycles. The molecule has 0 aromatic rings. The minimum absolute atomic E-state index is 0.0437. The van der Waals surface area contributed by atoms with Crippen LogP contribution in [-0.2, 0) is 14.4 Å². The minimum atomic E-state index is -0.935. The van der Waals surface area contributed by atoms with E-state index in [0.717, 1.165) is 11.3 Å². The molecule has 0 radical (unpaired) electrons. The Hall–Kier alpha value is -1.92. The number of carbonyl (C=O) groups is 4. The molecule has 5 amide bonds. The maximum atomic E-state index is 12.0. The van der Waals surface area contributed by atoms with E-state index in [1.54, 1.807) is 0 Å². The van der Waals surface area contributed by atoms with Gasteiger partial charge < -0.3 is 5.32 Å². The summed E-state index contributed by atoms with van der Waals surface area (Å²) in [5, 5.41) is 2.65. The van der Waals surface area contributed by atoms with Crippen LogP contribution in [0.3, 0.4) is 0 Å². The van der Waals surface area contributed by atoms with E-state index in [1.165, 1.54) is 0 Å². The first-order valence-electron chi connectivity index (χ1n) is 6.74. The summed E-state index contributed by atoms with van der Waals surface area (Å²) in [4.78, 5) is 48.7. The molecular formula is C13H21N3O4. The van der Waals surface area contributed by atoms with Crippen molar-refractivity contribution >= 4 is 23.8 Å². The van der Waals surface area contributed by atoms with Crippen molar-refractivity contribution in [3.63, 3.8) is 0 Å². The molecule has 20 heavy (non-hydrogen) atoms. The number of amides is 5. The Kier molecular flexibility index (Phi) is 5.24. The van der Waals surface area contributed by atoms with Crippen LogP contribution in [0.5, 0.6) is 0 Å². The van der Waals surface area contributed by atoms with Gasteiger partial charge in [-0.05, 0) is 19.3 Å². The van der Waals surface area contributed by atoms with Gasteiger partial charge >= 0.3 is 17.8 Å². The highest BCUT2D eigenvalue weighted by atomic mass is 16.2. The second-order valence-electron chi connectivity index (χ2n) is 5.36. The molecule has 0 aromatic carbocycles. The van der Waals surface area contributed by atoms with Crippen LogP contribution in [0, 0.1) is 5.92 Å². The molecule has 1 aliphatic rings. The van der Waals surface area contributed by atoms with Crippen molar-refractivity contribution in [2.24, 2.45) is 5.92 Å². The van der Waals surface area contributed by atoms with E-state index < -0.39 is 30.3 Å². The van der Waals surface area contributed by atoms with Crippen molar-refractivity contribution in [3.05, 3.63) is 0 Å². The van der Waals surface area contributed by atoms with Gasteiger partial charge in [0.1, 0.15) is 6.54 Å². The van der Waals surface area contributed by atoms with E-state index in [9.17, 15) is 19.2 Å². The van der Waals surface area contributed by atoms with Crippen LogP contribution in [0.15, 0.2) is 0 Å². The van der Waals surface area contributed by atoms with E-state index in [-0.39, 0.29) is 18.5 Å². The minimum Gasteiger partial charge on any atom is -0.352 e. The van der Waals surface area contributed by atoms with Gasteiger partial charge in [-0.25, -0.2) is 9.69 Å². The lowest BCUT2D eigenvalue weighted by atomic mass is 10.2. The normalized spacial score (nSPS) is 17.1. The Morgan fingerprint density at radius 2 is 1.65 bits per heavy atom. The summed E-state index contributed by atoms with van der Waals surface area (Å²) < 4.78 is 0. The summed E-state index contributed by atoms with van der Waals surface area (Å²) in [5.74, 6) is -2.18. The van der Waals surface area contributed by atoms with Crippen LogP contribution >= 0.6 is 0 Å². The standard InChI is InChI=1S/C13H21N3O4/c1-5-9(4)14-10(17)7-16-12(19)11(18)15(13(16)20)6-8(2)3/h8-9H,5-7H2,1-4H3,(H,14,17). The van der Waals surface area contributed by atoms with Crippen molar-refractivity contribution in [2.45, 2.75) is 40.2 Å². The van der Waals surface area contributed by atoms with Crippen LogP contribution in [0.25, 0.3) is 0 Å². The van der Waals surface area contributed by atoms with Gasteiger partial charge in [0.25, 0.3) is 0 Å². The molecule has 1 atom stereocenters. The lowest BCUT2D eigenvalue weighted by Gasteiger charge is -2.17. The predicted octanol–water partition coefficient (Wildman–Crippen LogP) is 0.348. The molecule has 0 bridgehead atoms. The third-order valence-electron chi connectivity index (χ3n) is 3.00. The average Bonchev–Trinajstić information content (AvgIpc) is 2.55. The molecule has 1 rings (SSSR count). The number of rotatable bonds is 6. The highest BCUT2D eigenvalue weighted by molar-refractivity contribution is 6.45. The Bertz CT molecular complexity index is 433. The third kappa shape index (κ3) is 3.55. The Morgan fingerprint density at radius 3 is 2.15 bits per heavy atom. The van der Waals surface area contributed by atoms with Crippen LogP contribution in [-0.4, -0.2) is 52.7 Å². The van der Waals surface area contributed by atoms with Gasteiger partial charge in [-0.2, -0.15) is 0 Å². The topological polar surface area (TPSA) is 86.8 Å². The Morgan fingerprint density at radius 1 is 1.10 bits per heavy atom. The number of hydrogen-bond donors (Lipinski definition) is 1. The zero-order valence-electron chi connectivity index (χ0n) is 12.3. The molecule has 1 unspecified atom stereocenters. The largest absolute Gasteiger partial charge is 0.352 e. The molecule has 0 spiro atoms. The van der Waals surface area contributed by atoms with E-state index in [4.69, 9.17) is 0 Å². The lowest BCUT2D eigenvalue weighted by molar-refractivity contribution is -0.144. The summed E-state index contributed by atoms with van der Waals surface area (Å²) in [6.45, 7) is 7.16. The fourth-order valence-corrected chi connectivity index (χ4v) is 1.78. The van der Waals surface area contributed by atoms with Crippen molar-refractivity contribution in [2.75, 3.05) is 13.1 Å². The zero-order valence-corrected chi connectivity index (χ0v) is 12.3. The maximum absolute atomic E-state index is 12.0. The molecule has 7 nitrogen and oxygen atoms in total. The zero-order chi connectivity index (χ0) is 15.4. The van der Waals surface area contributed by atoms with E-state index >= 15 is 0 Å². The first-order valence-corrected chi connectivity index (χ1v) is 6.74. The molecule has 1 N–H and O–H groups in total. The maximum Gasteiger partial charge on any atom is 0.334 e. The molecule has 0 aliphatic carbocycles. The van der Waals surface area contributed by atoms with Crippen LogP contribution in [0.4, 0.5) is 4.79 Å². The quantitative estimate of drug-likeness (QED) is 0.563. The number of urea groups is 1. The number of nitrogens with zero attached hydrogens (tertiary/aromatic N) is 2. The third-order valence-corrected chi connectivity index (χ3v) is 3.00. The highest BCUT2D eigenvalue weighted by Crippen LogP contribution is 2.13. The summed E-state index contributed by atoms with van der Waals surface area (Å²) in [7, 11) is 0. The van der Waals surface area contributed by atoms with Gasteiger partial charge in [-0.1, -0.05) is 20.8 Å². The van der Waals surface area contributed by atoms with Gasteiger partial charge in [-0.15, -0.1) is 0 Å². The highest BCUT2D eigenvalue weighted by Gasteiger charge is 2.45. The number of hydrogen-bond acceptors (Lipinski definition) is 4. The summed E-state index contributed by atoms with van der Waals surface area (Å²) in [5.41, 5.74) is 0. The molecule has 1 fully saturated rings. The van der Waals surface area contributed by atoms with Crippen molar-refractivity contribution in [1.29, 1.82) is 0 Å². The Balaban J connectivity index is 2.72. The fourth-order valence-electron chi connectivity index (χ4n) is 1.78. The van der Waals surface area contributed by atoms with Crippen molar-refractivity contribution in [1.82, 2.24) is 15.1 Å². The second-order valence-corrected chi connectivity index (χ2v) is 5.36. The number of carbonyl (C=O) groups excluding carboxylic acids is 4. The summed E-state index contributed by atoms with van der Waals surface area (Å²) >= 11 is 0. The fraction of sp³-hybridized carbons (Fsp3) is 0.692. The monoisotopic (exact) mass is 283 g/mol. The molecule has 0 aromatic heterocycles. The van der Waals surface area contributed by atoms with Crippen LogP contribution in [0.1, 0.15) is 34.1 Å². The molecule has 1 heterocycles. The van der Waals surface area contributed by atoms with Gasteiger partial charge in [0.15, 0.2) is 0 Å². The first-order chi connectivity index (χ1) is 9.27. The molecule has 1 saturated heterocycles. The van der Waals surface area contributed by atoms with E-state index in [1.807, 2.05) is 27.7 Å². The molecule has 112 valence electrons. The van der Waals surface area contributed by atoms with Gasteiger partial charge in [-0.3, -0.25) is 19.3 Å². The van der Waals surface area contributed by atoms with E-state index in [2.05, 4.69) is 5.32 Å². The van der Waals surface area contributed by atoms with Crippen LogP contribution in [0.2, 0.25) is 0 Å². The Labute approximate surface area is 118 Å². The number of nitrogens with one attached hydrogen (secondary N) is 1. The van der Waals surface area contributed by atoms with Crippen LogP contribution < -0.4 is 5.32 Å². The number of imide groups is 2. The SMILES string of the molecule is CCC(C)NC(=O)CN1C(=O)C(=O)N(CC(C)C)C1=O. The lowest BCUT2D eigenvalue weighted by Crippen LogP contribution is -2.44.